The lowest BCUT2D eigenvalue weighted by molar-refractivity contribution is -0.385. The fourth-order valence-corrected chi connectivity index (χ4v) is 2.65. The van der Waals surface area contributed by atoms with Gasteiger partial charge >= 0.3 is 5.69 Å². The molecule has 7 nitrogen and oxygen atoms in total. The number of nitro benzene ring substituents is 1. The molecule has 0 N–H and O–H groups in total. The second-order valence-corrected chi connectivity index (χ2v) is 5.61. The number of hydrogen-bond acceptors (Lipinski definition) is 6. The molecule has 3 rings (SSSR count). The summed E-state index contributed by atoms with van der Waals surface area (Å²) in [5, 5.41) is 11.3. The fraction of sp³-hybridized carbons (Fsp3) is 0.375. The predicted octanol–water partition coefficient (Wildman–Crippen LogP) is 2.73. The Hall–Kier alpha value is -2.54. The number of nitrogens with zero attached hydrogens (tertiary/aromatic N) is 4. The van der Waals surface area contributed by atoms with Gasteiger partial charge in [-0.25, -0.2) is 9.97 Å². The Morgan fingerprint density at radius 3 is 2.96 bits per heavy atom. The third-order valence-electron chi connectivity index (χ3n) is 3.99. The molecule has 0 unspecified atom stereocenters. The van der Waals surface area contributed by atoms with Gasteiger partial charge in [0.15, 0.2) is 0 Å². The second-order valence-electron chi connectivity index (χ2n) is 5.61. The molecule has 0 spiro atoms. The maximum absolute atomic E-state index is 11.3. The van der Waals surface area contributed by atoms with Crippen molar-refractivity contribution in [3.8, 4) is 11.6 Å². The predicted molar refractivity (Wildman–Crippen MR) is 84.6 cm³/mol. The van der Waals surface area contributed by atoms with Gasteiger partial charge in [-0.05, 0) is 25.1 Å². The van der Waals surface area contributed by atoms with Gasteiger partial charge in [-0.2, -0.15) is 0 Å². The standard InChI is InChI=1S/C16H18N4O3/c1-3-11-4-5-15(14(8-11)20(21)22)23-16-12-9-19(2)7-6-13(12)17-10-18-16/h4-5,8,10H,3,6-7,9H2,1-2H3. The van der Waals surface area contributed by atoms with E-state index in [9.17, 15) is 10.1 Å². The summed E-state index contributed by atoms with van der Waals surface area (Å²) in [7, 11) is 2.01. The molecule has 1 aromatic heterocycles. The van der Waals surface area contributed by atoms with E-state index in [0.29, 0.717) is 12.4 Å². The Morgan fingerprint density at radius 1 is 1.39 bits per heavy atom. The van der Waals surface area contributed by atoms with Crippen molar-refractivity contribution in [3.63, 3.8) is 0 Å². The highest BCUT2D eigenvalue weighted by atomic mass is 16.6. The molecule has 0 amide bonds. The van der Waals surface area contributed by atoms with Crippen LogP contribution in [-0.2, 0) is 19.4 Å². The first-order chi connectivity index (χ1) is 11.1. The average Bonchev–Trinajstić information content (AvgIpc) is 2.55. The maximum atomic E-state index is 11.3. The molecule has 0 radical (unpaired) electrons. The molecule has 2 heterocycles. The summed E-state index contributed by atoms with van der Waals surface area (Å²) in [5.41, 5.74) is 2.70. The molecule has 0 atom stereocenters. The van der Waals surface area contributed by atoms with E-state index in [-0.39, 0.29) is 11.4 Å². The van der Waals surface area contributed by atoms with Gasteiger partial charge < -0.3 is 9.64 Å². The molecule has 2 aromatic rings. The molecule has 1 aromatic carbocycles. The fourth-order valence-electron chi connectivity index (χ4n) is 2.65. The first-order valence-electron chi connectivity index (χ1n) is 7.55. The van der Waals surface area contributed by atoms with Crippen LogP contribution in [0.2, 0.25) is 0 Å². The van der Waals surface area contributed by atoms with Crippen LogP contribution in [0.3, 0.4) is 0 Å². The lowest BCUT2D eigenvalue weighted by Crippen LogP contribution is -2.27. The van der Waals surface area contributed by atoms with Crippen molar-refractivity contribution in [2.24, 2.45) is 0 Å². The van der Waals surface area contributed by atoms with Crippen LogP contribution in [0, 0.1) is 10.1 Å². The summed E-state index contributed by atoms with van der Waals surface area (Å²) >= 11 is 0. The Morgan fingerprint density at radius 2 is 2.22 bits per heavy atom. The molecule has 0 saturated carbocycles. The summed E-state index contributed by atoms with van der Waals surface area (Å²) in [6.07, 6.45) is 3.00. The lowest BCUT2D eigenvalue weighted by atomic mass is 10.1. The number of fused-ring (bicyclic) bond motifs is 1. The zero-order chi connectivity index (χ0) is 16.4. The summed E-state index contributed by atoms with van der Waals surface area (Å²) in [5.74, 6) is 0.607. The Labute approximate surface area is 134 Å². The first kappa shape index (κ1) is 15.4. The van der Waals surface area contributed by atoms with Crippen molar-refractivity contribution in [1.29, 1.82) is 0 Å². The molecular formula is C16H18N4O3. The van der Waals surface area contributed by atoms with Crippen LogP contribution in [0.15, 0.2) is 24.5 Å². The van der Waals surface area contributed by atoms with Crippen molar-refractivity contribution in [3.05, 3.63) is 51.5 Å². The number of likely N-dealkylation sites (N-methyl/N-ethyl adjacent to an activating group) is 1. The van der Waals surface area contributed by atoms with Gasteiger partial charge in [-0.15, -0.1) is 0 Å². The van der Waals surface area contributed by atoms with Crippen molar-refractivity contribution in [1.82, 2.24) is 14.9 Å². The van der Waals surface area contributed by atoms with E-state index in [2.05, 4.69) is 14.9 Å². The van der Waals surface area contributed by atoms with Crippen LogP contribution < -0.4 is 4.74 Å². The molecule has 1 aliphatic heterocycles. The van der Waals surface area contributed by atoms with E-state index in [1.165, 1.54) is 6.33 Å². The van der Waals surface area contributed by atoms with Crippen LogP contribution in [0.1, 0.15) is 23.7 Å². The molecule has 0 saturated heterocycles. The first-order valence-corrected chi connectivity index (χ1v) is 7.55. The minimum atomic E-state index is -0.422. The molecule has 0 bridgehead atoms. The number of aryl methyl sites for hydroxylation is 1. The van der Waals surface area contributed by atoms with Crippen molar-refractivity contribution in [2.75, 3.05) is 13.6 Å². The van der Waals surface area contributed by atoms with E-state index in [1.54, 1.807) is 12.1 Å². The Bertz CT molecular complexity index is 748. The maximum Gasteiger partial charge on any atom is 0.311 e. The molecule has 7 heteroatoms. The van der Waals surface area contributed by atoms with Crippen LogP contribution in [0.25, 0.3) is 0 Å². The lowest BCUT2D eigenvalue weighted by Gasteiger charge is -2.24. The highest BCUT2D eigenvalue weighted by Gasteiger charge is 2.23. The van der Waals surface area contributed by atoms with E-state index < -0.39 is 4.92 Å². The quantitative estimate of drug-likeness (QED) is 0.637. The van der Waals surface area contributed by atoms with E-state index >= 15 is 0 Å². The number of aromatic nitrogens is 2. The largest absolute Gasteiger partial charge is 0.431 e. The van der Waals surface area contributed by atoms with Crippen LogP contribution >= 0.6 is 0 Å². The SMILES string of the molecule is CCc1ccc(Oc2ncnc3c2CN(C)CC3)c([N+](=O)[O-])c1. The third-order valence-corrected chi connectivity index (χ3v) is 3.99. The zero-order valence-electron chi connectivity index (χ0n) is 13.2. The van der Waals surface area contributed by atoms with Gasteiger partial charge in [0.1, 0.15) is 6.33 Å². The molecule has 23 heavy (non-hydrogen) atoms. The average molecular weight is 314 g/mol. The molecule has 0 aliphatic carbocycles. The van der Waals surface area contributed by atoms with E-state index in [0.717, 1.165) is 36.2 Å². The van der Waals surface area contributed by atoms with Gasteiger partial charge in [-0.3, -0.25) is 10.1 Å². The summed E-state index contributed by atoms with van der Waals surface area (Å²) in [4.78, 5) is 21.5. The second kappa shape index (κ2) is 6.29. The van der Waals surface area contributed by atoms with E-state index in [1.807, 2.05) is 20.0 Å². The zero-order valence-corrected chi connectivity index (χ0v) is 13.2. The minimum absolute atomic E-state index is 0.0409. The Balaban J connectivity index is 1.98. The van der Waals surface area contributed by atoms with Crippen molar-refractivity contribution < 1.29 is 9.66 Å². The van der Waals surface area contributed by atoms with Crippen LogP contribution in [0.4, 0.5) is 5.69 Å². The molecular weight excluding hydrogens is 296 g/mol. The van der Waals surface area contributed by atoms with Crippen LogP contribution in [0.5, 0.6) is 11.6 Å². The molecule has 1 aliphatic rings. The van der Waals surface area contributed by atoms with Crippen molar-refractivity contribution >= 4 is 5.69 Å². The number of ether oxygens (including phenoxy) is 1. The summed E-state index contributed by atoms with van der Waals surface area (Å²) < 4.78 is 5.80. The highest BCUT2D eigenvalue weighted by Crippen LogP contribution is 2.34. The molecule has 0 fully saturated rings. The number of nitro groups is 1. The van der Waals surface area contributed by atoms with Gasteiger partial charge in [0.05, 0.1) is 16.2 Å². The number of benzene rings is 1. The smallest absolute Gasteiger partial charge is 0.311 e. The normalized spacial score (nSPS) is 14.3. The molecule has 120 valence electrons. The van der Waals surface area contributed by atoms with Gasteiger partial charge in [0, 0.05) is 25.6 Å². The van der Waals surface area contributed by atoms with Gasteiger partial charge in [-0.1, -0.05) is 13.0 Å². The van der Waals surface area contributed by atoms with Crippen molar-refractivity contribution in [2.45, 2.75) is 26.3 Å². The minimum Gasteiger partial charge on any atom is -0.431 e. The number of rotatable bonds is 4. The third kappa shape index (κ3) is 3.14. The highest BCUT2D eigenvalue weighted by molar-refractivity contribution is 5.51. The van der Waals surface area contributed by atoms with Gasteiger partial charge in [0.25, 0.3) is 0 Å². The van der Waals surface area contributed by atoms with Crippen LogP contribution in [-0.4, -0.2) is 33.4 Å². The Kier molecular flexibility index (Phi) is 4.20. The summed E-state index contributed by atoms with van der Waals surface area (Å²) in [6, 6.07) is 5.02. The number of hydrogen-bond donors (Lipinski definition) is 0. The van der Waals surface area contributed by atoms with Gasteiger partial charge in [0.2, 0.25) is 11.6 Å². The summed E-state index contributed by atoms with van der Waals surface area (Å²) in [6.45, 7) is 3.55. The monoisotopic (exact) mass is 314 g/mol. The van der Waals surface area contributed by atoms with E-state index in [4.69, 9.17) is 4.74 Å². The topological polar surface area (TPSA) is 81.4 Å².